The van der Waals surface area contributed by atoms with E-state index in [0.717, 1.165) is 16.9 Å². The zero-order valence-corrected chi connectivity index (χ0v) is 16.6. The van der Waals surface area contributed by atoms with E-state index >= 15 is 0 Å². The second kappa shape index (κ2) is 8.25. The Bertz CT molecular complexity index is 1210. The van der Waals surface area contributed by atoms with E-state index in [-0.39, 0.29) is 11.4 Å². The van der Waals surface area contributed by atoms with Gasteiger partial charge in [-0.05, 0) is 35.4 Å². The zero-order valence-electron chi connectivity index (χ0n) is 14.9. The molecule has 0 amide bonds. The van der Waals surface area contributed by atoms with Crippen molar-refractivity contribution in [2.75, 3.05) is 5.75 Å². The third-order valence-corrected chi connectivity index (χ3v) is 6.07. The summed E-state index contributed by atoms with van der Waals surface area (Å²) in [6, 6.07) is 11.3. The standard InChI is InChI=1S/C18H17FN4O4S2/c19-14-5-4-10(8-20)6-12(14)11-2-1-3-16-13(11)7-17(28-16)15(24)9-29(25,26)27-23-18(21)22/h1-7H,8-9,20H2,(H4,21,22,23). The fraction of sp³-hybridized carbons (Fsp3) is 0.111. The van der Waals surface area contributed by atoms with Crippen LogP contribution in [-0.4, -0.2) is 25.9 Å². The van der Waals surface area contributed by atoms with E-state index in [9.17, 15) is 17.6 Å². The number of halogens is 1. The van der Waals surface area contributed by atoms with Gasteiger partial charge in [-0.25, -0.2) is 9.87 Å². The molecule has 3 rings (SSSR count). The molecule has 0 unspecified atom stereocenters. The molecule has 11 heteroatoms. The lowest BCUT2D eigenvalue weighted by molar-refractivity contribution is 0.102. The minimum absolute atomic E-state index is 0.179. The Morgan fingerprint density at radius 2 is 1.97 bits per heavy atom. The van der Waals surface area contributed by atoms with Gasteiger partial charge < -0.3 is 11.5 Å². The van der Waals surface area contributed by atoms with Crippen LogP contribution < -0.4 is 16.9 Å². The van der Waals surface area contributed by atoms with Crippen molar-refractivity contribution in [2.24, 2.45) is 11.5 Å². The second-order valence-electron chi connectivity index (χ2n) is 6.07. The van der Waals surface area contributed by atoms with Crippen molar-refractivity contribution in [3.05, 3.63) is 58.7 Å². The molecule has 0 aliphatic carbocycles. The summed E-state index contributed by atoms with van der Waals surface area (Å²) < 4.78 is 43.1. The first-order valence-electron chi connectivity index (χ1n) is 8.26. The van der Waals surface area contributed by atoms with Crippen molar-refractivity contribution in [1.29, 1.82) is 5.41 Å². The number of hydroxylamine groups is 1. The van der Waals surface area contributed by atoms with Crippen molar-refractivity contribution in [2.45, 2.75) is 6.54 Å². The van der Waals surface area contributed by atoms with E-state index in [4.69, 9.17) is 16.9 Å². The highest BCUT2D eigenvalue weighted by Gasteiger charge is 2.22. The van der Waals surface area contributed by atoms with Crippen LogP contribution in [0.25, 0.3) is 21.2 Å². The molecule has 2 aromatic carbocycles. The summed E-state index contributed by atoms with van der Waals surface area (Å²) >= 11 is 1.09. The largest absolute Gasteiger partial charge is 0.368 e. The lowest BCUT2D eigenvalue weighted by atomic mass is 9.99. The number of carbonyl (C=O) groups is 1. The molecule has 0 fully saturated rings. The number of benzene rings is 2. The Kier molecular flexibility index (Phi) is 5.94. The molecule has 0 radical (unpaired) electrons. The van der Waals surface area contributed by atoms with Crippen LogP contribution >= 0.6 is 11.3 Å². The second-order valence-corrected chi connectivity index (χ2v) is 8.73. The number of carbonyl (C=O) groups excluding carboxylic acids is 1. The molecule has 3 aromatic rings. The maximum atomic E-state index is 14.4. The van der Waals surface area contributed by atoms with Crippen LogP contribution in [0.3, 0.4) is 0 Å². The number of rotatable bonds is 7. The highest BCUT2D eigenvalue weighted by atomic mass is 32.2. The Balaban J connectivity index is 1.97. The number of Topliss-reactive ketones (excluding diaryl/α,β-unsaturated/α-hetero) is 1. The summed E-state index contributed by atoms with van der Waals surface area (Å²) in [6.45, 7) is 0.253. The van der Waals surface area contributed by atoms with E-state index in [1.807, 2.05) is 0 Å². The highest BCUT2D eigenvalue weighted by Crippen LogP contribution is 2.36. The van der Waals surface area contributed by atoms with Gasteiger partial charge in [0.2, 0.25) is 5.96 Å². The quantitative estimate of drug-likeness (QED) is 0.192. The molecule has 0 saturated carbocycles. The molecule has 0 bridgehead atoms. The number of thiophene rings is 1. The Hall–Kier alpha value is -2.86. The molecule has 0 atom stereocenters. The maximum Gasteiger partial charge on any atom is 0.295 e. The third-order valence-electron chi connectivity index (χ3n) is 3.98. The first-order chi connectivity index (χ1) is 13.7. The van der Waals surface area contributed by atoms with E-state index in [1.54, 1.807) is 35.8 Å². The van der Waals surface area contributed by atoms with Gasteiger partial charge in [0, 0.05) is 22.2 Å². The zero-order chi connectivity index (χ0) is 21.2. The first kappa shape index (κ1) is 20.9. The molecule has 0 saturated heterocycles. The van der Waals surface area contributed by atoms with Gasteiger partial charge >= 0.3 is 0 Å². The molecular formula is C18H17FN4O4S2. The van der Waals surface area contributed by atoms with Crippen LogP contribution in [0.2, 0.25) is 0 Å². The number of ketones is 1. The summed E-state index contributed by atoms with van der Waals surface area (Å²) in [6.07, 6.45) is 0. The van der Waals surface area contributed by atoms with Crippen molar-refractivity contribution in [3.63, 3.8) is 0 Å². The molecule has 8 nitrogen and oxygen atoms in total. The molecule has 6 N–H and O–H groups in total. The van der Waals surface area contributed by atoms with Crippen molar-refractivity contribution >= 4 is 43.3 Å². The topological polar surface area (TPSA) is 148 Å². The van der Waals surface area contributed by atoms with Crippen LogP contribution in [0.15, 0.2) is 42.5 Å². The van der Waals surface area contributed by atoms with Crippen molar-refractivity contribution < 1.29 is 21.9 Å². The Morgan fingerprint density at radius 3 is 2.66 bits per heavy atom. The fourth-order valence-corrected chi connectivity index (χ4v) is 4.58. The van der Waals surface area contributed by atoms with E-state index in [2.05, 4.69) is 4.28 Å². The number of hydrogen-bond acceptors (Lipinski definition) is 7. The lowest BCUT2D eigenvalue weighted by Gasteiger charge is -2.07. The number of nitrogens with one attached hydrogen (secondary N) is 2. The molecule has 1 heterocycles. The molecule has 0 spiro atoms. The van der Waals surface area contributed by atoms with Gasteiger partial charge in [0.25, 0.3) is 10.1 Å². The van der Waals surface area contributed by atoms with Gasteiger partial charge in [0.15, 0.2) is 5.78 Å². The summed E-state index contributed by atoms with van der Waals surface area (Å²) in [5.41, 5.74) is 14.0. The summed E-state index contributed by atoms with van der Waals surface area (Å²) in [7, 11) is -4.29. The smallest absolute Gasteiger partial charge is 0.295 e. The normalized spacial score (nSPS) is 11.5. The van der Waals surface area contributed by atoms with Gasteiger partial charge in [0.05, 0.1) is 4.88 Å². The highest BCUT2D eigenvalue weighted by molar-refractivity contribution is 7.87. The number of guanidine groups is 1. The van der Waals surface area contributed by atoms with E-state index in [0.29, 0.717) is 21.2 Å². The van der Waals surface area contributed by atoms with Crippen LogP contribution in [-0.2, 0) is 20.9 Å². The van der Waals surface area contributed by atoms with Gasteiger partial charge in [-0.15, -0.1) is 15.6 Å². The van der Waals surface area contributed by atoms with Crippen LogP contribution in [0.1, 0.15) is 15.2 Å². The molecular weight excluding hydrogens is 419 g/mol. The number of nitrogens with two attached hydrogens (primary N) is 2. The average molecular weight is 436 g/mol. The molecule has 152 valence electrons. The van der Waals surface area contributed by atoms with Gasteiger partial charge in [-0.2, -0.15) is 8.42 Å². The molecule has 0 aliphatic rings. The van der Waals surface area contributed by atoms with Crippen LogP contribution in [0.5, 0.6) is 0 Å². The third kappa shape index (κ3) is 4.77. The summed E-state index contributed by atoms with van der Waals surface area (Å²) in [5, 5.41) is 7.52. The Morgan fingerprint density at radius 1 is 1.21 bits per heavy atom. The van der Waals surface area contributed by atoms with Crippen LogP contribution in [0.4, 0.5) is 4.39 Å². The average Bonchev–Trinajstić information content (AvgIpc) is 3.11. The molecule has 1 aromatic heterocycles. The summed E-state index contributed by atoms with van der Waals surface area (Å²) in [4.78, 5) is 12.6. The SMILES string of the molecule is N=C(N)NOS(=O)(=O)CC(=O)c1cc2c(-c3cc(CN)ccc3F)cccc2s1. The monoisotopic (exact) mass is 436 g/mol. The summed E-state index contributed by atoms with van der Waals surface area (Å²) in [5.74, 6) is -2.78. The lowest BCUT2D eigenvalue weighted by Crippen LogP contribution is -2.34. The van der Waals surface area contributed by atoms with Crippen molar-refractivity contribution in [1.82, 2.24) is 5.48 Å². The van der Waals surface area contributed by atoms with E-state index < -0.39 is 33.4 Å². The minimum Gasteiger partial charge on any atom is -0.368 e. The number of hydrogen-bond donors (Lipinski definition) is 4. The fourth-order valence-electron chi connectivity index (χ4n) is 2.71. The minimum atomic E-state index is -4.29. The molecule has 29 heavy (non-hydrogen) atoms. The van der Waals surface area contributed by atoms with Crippen LogP contribution in [0, 0.1) is 11.2 Å². The molecule has 0 aliphatic heterocycles. The Labute approximate surface area is 169 Å². The van der Waals surface area contributed by atoms with Gasteiger partial charge in [-0.1, -0.05) is 18.2 Å². The predicted octanol–water partition coefficient (Wildman–Crippen LogP) is 2.09. The van der Waals surface area contributed by atoms with Gasteiger partial charge in [-0.3, -0.25) is 10.2 Å². The van der Waals surface area contributed by atoms with Gasteiger partial charge in [0.1, 0.15) is 11.6 Å². The predicted molar refractivity (Wildman–Crippen MR) is 109 cm³/mol. The number of fused-ring (bicyclic) bond motifs is 1. The first-order valence-corrected chi connectivity index (χ1v) is 10.7. The van der Waals surface area contributed by atoms with E-state index in [1.165, 1.54) is 12.1 Å². The maximum absolute atomic E-state index is 14.4. The van der Waals surface area contributed by atoms with Crippen molar-refractivity contribution in [3.8, 4) is 11.1 Å².